The minimum atomic E-state index is -1.72. The van der Waals surface area contributed by atoms with E-state index < -0.39 is 30.8 Å². The molecule has 2 rings (SSSR count). The van der Waals surface area contributed by atoms with E-state index in [2.05, 4.69) is 6.58 Å². The van der Waals surface area contributed by atoms with Gasteiger partial charge in [0.15, 0.2) is 5.60 Å². The van der Waals surface area contributed by atoms with Crippen LogP contribution in [0.3, 0.4) is 0 Å². The summed E-state index contributed by atoms with van der Waals surface area (Å²) >= 11 is 0. The normalized spacial score (nSPS) is 18.9. The average Bonchev–Trinajstić information content (AvgIpc) is 2.73. The lowest BCUT2D eigenvalue weighted by atomic mass is 9.73. The SMILES string of the molecule is C=C(C)C1CCC(C)=CC1c1c(OC(C)(CF)CF)cc(CCCCC)c(C(=O)O)c1O. The fraction of sp³-hybridized carbons (Fsp3) is 0.577. The van der Waals surface area contributed by atoms with Crippen molar-refractivity contribution in [2.45, 2.75) is 77.7 Å². The molecular weight excluding hydrogens is 414 g/mol. The van der Waals surface area contributed by atoms with Crippen molar-refractivity contribution in [1.82, 2.24) is 0 Å². The quantitative estimate of drug-likeness (QED) is 0.284. The molecular formula is C26H36F2O4. The van der Waals surface area contributed by atoms with Gasteiger partial charge in [-0.05, 0) is 64.0 Å². The molecule has 0 amide bonds. The van der Waals surface area contributed by atoms with Crippen LogP contribution in [0, 0.1) is 5.92 Å². The number of phenols is 1. The number of unbranched alkanes of at least 4 members (excludes halogenated alkanes) is 2. The van der Waals surface area contributed by atoms with Crippen LogP contribution < -0.4 is 4.74 Å². The summed E-state index contributed by atoms with van der Waals surface area (Å²) < 4.78 is 33.2. The van der Waals surface area contributed by atoms with Gasteiger partial charge in [0, 0.05) is 11.5 Å². The number of carbonyl (C=O) groups is 1. The third-order valence-corrected chi connectivity index (χ3v) is 6.28. The summed E-state index contributed by atoms with van der Waals surface area (Å²) in [7, 11) is 0. The van der Waals surface area contributed by atoms with Crippen LogP contribution in [-0.2, 0) is 6.42 Å². The van der Waals surface area contributed by atoms with Crippen molar-refractivity contribution >= 4 is 5.97 Å². The molecule has 1 aromatic rings. The molecule has 0 bridgehead atoms. The van der Waals surface area contributed by atoms with Gasteiger partial charge >= 0.3 is 5.97 Å². The van der Waals surface area contributed by atoms with Crippen LogP contribution in [0.25, 0.3) is 0 Å². The van der Waals surface area contributed by atoms with Gasteiger partial charge in [-0.3, -0.25) is 0 Å². The number of carboxylic acids is 1. The molecule has 1 aromatic carbocycles. The van der Waals surface area contributed by atoms with Gasteiger partial charge in [0.2, 0.25) is 0 Å². The van der Waals surface area contributed by atoms with Crippen LogP contribution in [-0.4, -0.2) is 35.1 Å². The van der Waals surface area contributed by atoms with Crippen molar-refractivity contribution in [2.75, 3.05) is 13.3 Å². The van der Waals surface area contributed by atoms with E-state index in [4.69, 9.17) is 4.74 Å². The topological polar surface area (TPSA) is 66.8 Å². The highest BCUT2D eigenvalue weighted by molar-refractivity contribution is 5.94. The van der Waals surface area contributed by atoms with E-state index in [1.54, 1.807) is 6.07 Å². The van der Waals surface area contributed by atoms with Crippen LogP contribution in [0.4, 0.5) is 8.78 Å². The highest BCUT2D eigenvalue weighted by atomic mass is 19.1. The average molecular weight is 451 g/mol. The van der Waals surface area contributed by atoms with Crippen molar-refractivity contribution in [3.05, 3.63) is 46.6 Å². The fourth-order valence-corrected chi connectivity index (χ4v) is 4.38. The van der Waals surface area contributed by atoms with Gasteiger partial charge in [-0.15, -0.1) is 0 Å². The summed E-state index contributed by atoms with van der Waals surface area (Å²) in [5.74, 6) is -1.93. The first-order valence-corrected chi connectivity index (χ1v) is 11.3. The van der Waals surface area contributed by atoms with Gasteiger partial charge in [-0.1, -0.05) is 43.6 Å². The van der Waals surface area contributed by atoms with Crippen molar-refractivity contribution in [1.29, 1.82) is 0 Å². The summed E-state index contributed by atoms with van der Waals surface area (Å²) in [4.78, 5) is 12.1. The summed E-state index contributed by atoms with van der Waals surface area (Å²) in [6, 6.07) is 1.56. The molecule has 0 saturated carbocycles. The number of benzene rings is 1. The maximum atomic E-state index is 13.7. The number of hydrogen-bond acceptors (Lipinski definition) is 3. The van der Waals surface area contributed by atoms with Gasteiger partial charge in [-0.25, -0.2) is 13.6 Å². The number of ether oxygens (including phenoxy) is 1. The molecule has 0 radical (unpaired) electrons. The Bertz CT molecular complexity index is 871. The van der Waals surface area contributed by atoms with E-state index in [9.17, 15) is 23.8 Å². The standard InChI is InChI=1S/C26H36F2O4/c1-6-7-8-9-18-13-21(32-26(5,14-27)15-28)23(24(29)22(18)25(30)31)20-12-17(4)10-11-19(20)16(2)3/h12-13,19-20,29H,2,6-11,14-15H2,1,3-5H3,(H,30,31). The molecule has 0 saturated heterocycles. The monoisotopic (exact) mass is 450 g/mol. The predicted molar refractivity (Wildman–Crippen MR) is 123 cm³/mol. The van der Waals surface area contributed by atoms with Gasteiger partial charge in [-0.2, -0.15) is 0 Å². The fourth-order valence-electron chi connectivity index (χ4n) is 4.38. The van der Waals surface area contributed by atoms with Gasteiger partial charge in [0.25, 0.3) is 0 Å². The van der Waals surface area contributed by atoms with E-state index >= 15 is 0 Å². The Morgan fingerprint density at radius 1 is 1.31 bits per heavy atom. The molecule has 0 aromatic heterocycles. The lowest BCUT2D eigenvalue weighted by Crippen LogP contribution is -2.38. The smallest absolute Gasteiger partial charge is 0.339 e. The largest absolute Gasteiger partial charge is 0.507 e. The molecule has 2 N–H and O–H groups in total. The van der Waals surface area contributed by atoms with E-state index in [0.717, 1.165) is 43.3 Å². The van der Waals surface area contributed by atoms with Gasteiger partial charge < -0.3 is 14.9 Å². The number of aromatic hydroxyl groups is 1. The Morgan fingerprint density at radius 3 is 2.50 bits per heavy atom. The molecule has 0 fully saturated rings. The Labute approximate surface area is 190 Å². The highest BCUT2D eigenvalue weighted by Crippen LogP contribution is 2.49. The first-order valence-electron chi connectivity index (χ1n) is 11.3. The second kappa shape index (κ2) is 11.0. The number of carboxylic acid groups (broad SMARTS) is 1. The van der Waals surface area contributed by atoms with Crippen LogP contribution in [0.15, 0.2) is 29.9 Å². The van der Waals surface area contributed by atoms with E-state index in [0.29, 0.717) is 12.0 Å². The molecule has 0 aliphatic heterocycles. The van der Waals surface area contributed by atoms with Crippen LogP contribution in [0.1, 0.15) is 87.2 Å². The third kappa shape index (κ3) is 5.70. The van der Waals surface area contributed by atoms with E-state index in [1.165, 1.54) is 6.92 Å². The zero-order valence-electron chi connectivity index (χ0n) is 19.6. The Hall–Kier alpha value is -2.37. The second-order valence-electron chi connectivity index (χ2n) is 9.28. The molecule has 1 aliphatic rings. The van der Waals surface area contributed by atoms with Crippen molar-refractivity contribution in [3.8, 4) is 11.5 Å². The van der Waals surface area contributed by atoms with Gasteiger partial charge in [0.1, 0.15) is 30.4 Å². The first-order chi connectivity index (χ1) is 15.1. The van der Waals surface area contributed by atoms with Crippen LogP contribution in [0.2, 0.25) is 0 Å². The molecule has 4 nitrogen and oxygen atoms in total. The molecule has 32 heavy (non-hydrogen) atoms. The number of alkyl halides is 2. The molecule has 178 valence electrons. The number of aromatic carboxylic acids is 1. The summed E-state index contributed by atoms with van der Waals surface area (Å²) in [6.07, 6.45) is 6.62. The Morgan fingerprint density at radius 2 is 1.97 bits per heavy atom. The highest BCUT2D eigenvalue weighted by Gasteiger charge is 2.36. The molecule has 0 spiro atoms. The predicted octanol–water partition coefficient (Wildman–Crippen LogP) is 6.92. The number of allylic oxidation sites excluding steroid dienone is 3. The summed E-state index contributed by atoms with van der Waals surface area (Å²) in [5.41, 5.74) is 0.779. The summed E-state index contributed by atoms with van der Waals surface area (Å²) in [5, 5.41) is 21.2. The number of aryl methyl sites for hydroxylation is 1. The van der Waals surface area contributed by atoms with Crippen molar-refractivity contribution < 1.29 is 28.5 Å². The zero-order chi connectivity index (χ0) is 24.1. The molecule has 1 aliphatic carbocycles. The maximum Gasteiger partial charge on any atom is 0.339 e. The number of halogens is 2. The Kier molecular flexibility index (Phi) is 8.88. The zero-order valence-corrected chi connectivity index (χ0v) is 19.6. The van der Waals surface area contributed by atoms with Crippen LogP contribution in [0.5, 0.6) is 11.5 Å². The minimum absolute atomic E-state index is 0.0541. The van der Waals surface area contributed by atoms with Crippen molar-refractivity contribution in [3.63, 3.8) is 0 Å². The molecule has 2 atom stereocenters. The lowest BCUT2D eigenvalue weighted by Gasteiger charge is -2.34. The van der Waals surface area contributed by atoms with E-state index in [-0.39, 0.29) is 28.5 Å². The Balaban J connectivity index is 2.78. The van der Waals surface area contributed by atoms with E-state index in [1.807, 2.05) is 26.8 Å². The third-order valence-electron chi connectivity index (χ3n) is 6.28. The first kappa shape index (κ1) is 25.9. The van der Waals surface area contributed by atoms with Crippen molar-refractivity contribution in [2.24, 2.45) is 5.92 Å². The van der Waals surface area contributed by atoms with Gasteiger partial charge in [0.05, 0.1) is 0 Å². The maximum absolute atomic E-state index is 13.7. The number of hydrogen-bond donors (Lipinski definition) is 2. The number of rotatable bonds is 11. The molecule has 6 heteroatoms. The summed E-state index contributed by atoms with van der Waals surface area (Å²) in [6.45, 7) is 9.21. The molecule has 0 heterocycles. The minimum Gasteiger partial charge on any atom is -0.507 e. The second-order valence-corrected chi connectivity index (χ2v) is 9.28. The lowest BCUT2D eigenvalue weighted by molar-refractivity contribution is 0.0336. The molecule has 2 unspecified atom stereocenters. The van der Waals surface area contributed by atoms with Crippen LogP contribution >= 0.6 is 0 Å².